The number of hydrogen-bond donors (Lipinski definition) is 2. The number of nitrogens with one attached hydrogen (secondary N) is 2. The molecule has 2 aromatic heterocycles. The Balaban J connectivity index is 2.07. The highest BCUT2D eigenvalue weighted by atomic mass is 79.9. The second-order valence-corrected chi connectivity index (χ2v) is 6.48. The number of hydrogen-bond acceptors (Lipinski definition) is 3. The van der Waals surface area contributed by atoms with Crippen LogP contribution in [-0.4, -0.2) is 17.1 Å². The monoisotopic (exact) mass is 372 g/mol. The number of rotatable bonds is 3. The summed E-state index contributed by atoms with van der Waals surface area (Å²) in [7, 11) is 1.63. The smallest absolute Gasteiger partial charge is 0.323 e. The second-order valence-electron chi connectivity index (χ2n) is 4.25. The quantitative estimate of drug-likeness (QED) is 0.681. The largest absolute Gasteiger partial charge is 0.496 e. The Kier molecular flexibility index (Phi) is 3.62. The first-order valence-corrected chi connectivity index (χ1v) is 7.87. The molecule has 1 unspecified atom stereocenters. The normalized spacial score (nSPS) is 12.8. The van der Waals surface area contributed by atoms with Gasteiger partial charge in [-0.2, -0.15) is 0 Å². The van der Waals surface area contributed by atoms with Crippen molar-refractivity contribution in [3.8, 4) is 5.75 Å². The van der Waals surface area contributed by atoms with Crippen molar-refractivity contribution in [2.45, 2.75) is 5.38 Å². The van der Waals surface area contributed by atoms with Crippen molar-refractivity contribution in [2.24, 2.45) is 0 Å². The zero-order chi connectivity index (χ0) is 14.3. The maximum atomic E-state index is 11.3. The SMILES string of the molecule is COc1csc(C(Cl)c2cc3[nH]c(=O)[nH]c3cc2Br)c1. The van der Waals surface area contributed by atoms with Gasteiger partial charge in [-0.25, -0.2) is 4.79 Å². The summed E-state index contributed by atoms with van der Waals surface area (Å²) in [5.74, 6) is 0.794. The minimum atomic E-state index is -0.305. The number of alkyl halides is 1. The van der Waals surface area contributed by atoms with Crippen molar-refractivity contribution in [1.29, 1.82) is 0 Å². The van der Waals surface area contributed by atoms with Gasteiger partial charge in [0.15, 0.2) is 0 Å². The number of methoxy groups -OCH3 is 1. The van der Waals surface area contributed by atoms with Gasteiger partial charge in [0, 0.05) is 14.7 Å². The van der Waals surface area contributed by atoms with Crippen LogP contribution in [-0.2, 0) is 0 Å². The van der Waals surface area contributed by atoms with E-state index in [0.29, 0.717) is 0 Å². The summed E-state index contributed by atoms with van der Waals surface area (Å²) in [6.07, 6.45) is 0. The van der Waals surface area contributed by atoms with Gasteiger partial charge in [-0.3, -0.25) is 0 Å². The van der Waals surface area contributed by atoms with E-state index in [1.807, 2.05) is 23.6 Å². The molecule has 0 saturated heterocycles. The van der Waals surface area contributed by atoms with Crippen LogP contribution in [0.3, 0.4) is 0 Å². The highest BCUT2D eigenvalue weighted by molar-refractivity contribution is 9.10. The zero-order valence-electron chi connectivity index (χ0n) is 10.4. The fourth-order valence-corrected chi connectivity index (χ4v) is 3.94. The lowest BCUT2D eigenvalue weighted by Gasteiger charge is -2.10. The summed E-state index contributed by atoms with van der Waals surface area (Å²) >= 11 is 11.6. The summed E-state index contributed by atoms with van der Waals surface area (Å²) in [6, 6.07) is 5.64. The molecule has 1 aromatic carbocycles. The van der Waals surface area contributed by atoms with Crippen LogP contribution < -0.4 is 10.4 Å². The fourth-order valence-electron chi connectivity index (χ4n) is 1.99. The molecule has 0 saturated carbocycles. The number of H-pyrrole nitrogens is 2. The molecule has 7 heteroatoms. The molecular weight excluding hydrogens is 364 g/mol. The van der Waals surface area contributed by atoms with Gasteiger partial charge >= 0.3 is 5.69 Å². The van der Waals surface area contributed by atoms with Gasteiger partial charge in [-0.05, 0) is 23.8 Å². The van der Waals surface area contributed by atoms with E-state index in [4.69, 9.17) is 16.3 Å². The molecule has 0 aliphatic heterocycles. The second kappa shape index (κ2) is 5.27. The van der Waals surface area contributed by atoms with Gasteiger partial charge < -0.3 is 14.7 Å². The van der Waals surface area contributed by atoms with Crippen LogP contribution in [0.15, 0.2) is 32.8 Å². The number of thiophene rings is 1. The Hall–Kier alpha value is -1.24. The van der Waals surface area contributed by atoms with Crippen LogP contribution in [0, 0.1) is 0 Å². The van der Waals surface area contributed by atoms with Crippen LogP contribution in [0.4, 0.5) is 0 Å². The summed E-state index contributed by atoms with van der Waals surface area (Å²) in [4.78, 5) is 17.8. The van der Waals surface area contributed by atoms with Gasteiger partial charge in [-0.1, -0.05) is 15.9 Å². The highest BCUT2D eigenvalue weighted by Gasteiger charge is 2.18. The summed E-state index contributed by atoms with van der Waals surface area (Å²) in [5.41, 5.74) is 2.16. The third kappa shape index (κ3) is 2.39. The molecule has 0 spiro atoms. The molecule has 2 heterocycles. The lowest BCUT2D eigenvalue weighted by molar-refractivity contribution is 0.416. The van der Waals surface area contributed by atoms with Gasteiger partial charge in [0.05, 0.1) is 23.5 Å². The Morgan fingerprint density at radius 1 is 1.30 bits per heavy atom. The number of fused-ring (bicyclic) bond motifs is 1. The molecule has 20 heavy (non-hydrogen) atoms. The highest BCUT2D eigenvalue weighted by Crippen LogP contribution is 2.39. The fraction of sp³-hybridized carbons (Fsp3) is 0.154. The van der Waals surface area contributed by atoms with E-state index >= 15 is 0 Å². The molecular formula is C13H10BrClN2O2S. The number of ether oxygens (including phenoxy) is 1. The number of aromatic amines is 2. The number of imidazole rings is 1. The van der Waals surface area contributed by atoms with Crippen molar-refractivity contribution in [1.82, 2.24) is 9.97 Å². The molecule has 1 atom stereocenters. The Morgan fingerprint density at radius 2 is 2.00 bits per heavy atom. The Morgan fingerprint density at radius 3 is 2.65 bits per heavy atom. The first-order chi connectivity index (χ1) is 9.58. The van der Waals surface area contributed by atoms with E-state index in [2.05, 4.69) is 25.9 Å². The van der Waals surface area contributed by atoms with Crippen LogP contribution in [0.5, 0.6) is 5.75 Å². The lowest BCUT2D eigenvalue weighted by atomic mass is 10.1. The van der Waals surface area contributed by atoms with Crippen molar-refractivity contribution in [3.63, 3.8) is 0 Å². The summed E-state index contributed by atoms with van der Waals surface area (Å²) < 4.78 is 6.03. The molecule has 4 nitrogen and oxygen atoms in total. The van der Waals surface area contributed by atoms with Gasteiger partial charge in [0.2, 0.25) is 0 Å². The van der Waals surface area contributed by atoms with E-state index in [9.17, 15) is 4.79 Å². The third-order valence-corrected chi connectivity index (χ3v) is 5.25. The minimum Gasteiger partial charge on any atom is -0.496 e. The van der Waals surface area contributed by atoms with Crippen LogP contribution in [0.2, 0.25) is 0 Å². The van der Waals surface area contributed by atoms with E-state index in [1.165, 1.54) is 11.3 Å². The van der Waals surface area contributed by atoms with Crippen molar-refractivity contribution >= 4 is 49.9 Å². The van der Waals surface area contributed by atoms with E-state index < -0.39 is 0 Å². The summed E-state index contributed by atoms with van der Waals surface area (Å²) in [6.45, 7) is 0. The van der Waals surface area contributed by atoms with E-state index in [-0.39, 0.29) is 11.1 Å². The molecule has 2 N–H and O–H groups in total. The van der Waals surface area contributed by atoms with Gasteiger partial charge in [0.25, 0.3) is 0 Å². The predicted molar refractivity (Wildman–Crippen MR) is 85.2 cm³/mol. The maximum Gasteiger partial charge on any atom is 0.323 e. The molecule has 0 amide bonds. The van der Waals surface area contributed by atoms with Crippen LogP contribution >= 0.6 is 38.9 Å². The Labute approximate surface area is 131 Å². The molecule has 0 aliphatic rings. The standard InChI is InChI=1S/C13H10BrClN2O2S/c1-19-6-2-11(20-5-6)12(15)7-3-9-10(4-8(7)14)17-13(18)16-9/h2-5,12H,1H3,(H2,16,17,18). The third-order valence-electron chi connectivity index (χ3n) is 2.99. The molecule has 0 aliphatic carbocycles. The van der Waals surface area contributed by atoms with Gasteiger partial charge in [-0.15, -0.1) is 22.9 Å². The average molecular weight is 374 g/mol. The minimum absolute atomic E-state index is 0.229. The van der Waals surface area contributed by atoms with Crippen molar-refractivity contribution in [2.75, 3.05) is 7.11 Å². The Bertz CT molecular complexity index is 823. The topological polar surface area (TPSA) is 57.9 Å². The number of benzene rings is 1. The van der Waals surface area contributed by atoms with Crippen molar-refractivity contribution < 1.29 is 4.74 Å². The molecule has 104 valence electrons. The zero-order valence-corrected chi connectivity index (χ0v) is 13.5. The average Bonchev–Trinajstić information content (AvgIpc) is 3.02. The van der Waals surface area contributed by atoms with E-state index in [0.717, 1.165) is 31.7 Å². The predicted octanol–water partition coefficient (Wildman–Crippen LogP) is 4.02. The molecule has 3 aromatic rings. The maximum absolute atomic E-state index is 11.3. The molecule has 0 radical (unpaired) electrons. The van der Waals surface area contributed by atoms with Gasteiger partial charge in [0.1, 0.15) is 5.75 Å². The first kappa shape index (κ1) is 13.7. The van der Waals surface area contributed by atoms with Crippen molar-refractivity contribution in [3.05, 3.63) is 49.0 Å². The van der Waals surface area contributed by atoms with Crippen LogP contribution in [0.1, 0.15) is 15.8 Å². The summed E-state index contributed by atoms with van der Waals surface area (Å²) in [5, 5.41) is 1.61. The number of halogens is 2. The molecule has 3 rings (SSSR count). The first-order valence-electron chi connectivity index (χ1n) is 5.76. The molecule has 0 fully saturated rings. The van der Waals surface area contributed by atoms with Crippen LogP contribution in [0.25, 0.3) is 11.0 Å². The number of aromatic nitrogens is 2. The lowest BCUT2D eigenvalue weighted by Crippen LogP contribution is -1.99. The molecule has 0 bridgehead atoms. The van der Waals surface area contributed by atoms with E-state index in [1.54, 1.807) is 7.11 Å².